The largest absolute Gasteiger partial charge is 0.298 e. The lowest BCUT2D eigenvalue weighted by atomic mass is 10.0. The van der Waals surface area contributed by atoms with Crippen molar-refractivity contribution >= 4 is 11.6 Å². The molecular weight excluding hydrogens is 320 g/mol. The Kier molecular flexibility index (Phi) is 5.59. The van der Waals surface area contributed by atoms with E-state index in [4.69, 9.17) is 11.6 Å². The number of aryl methyl sites for hydroxylation is 2. The maximum absolute atomic E-state index is 6.40. The zero-order valence-corrected chi connectivity index (χ0v) is 15.6. The van der Waals surface area contributed by atoms with E-state index in [-0.39, 0.29) is 0 Å². The van der Waals surface area contributed by atoms with E-state index in [9.17, 15) is 0 Å². The maximum atomic E-state index is 6.40. The molecule has 2 aromatic rings. The first kappa shape index (κ1) is 17.5. The van der Waals surface area contributed by atoms with Gasteiger partial charge in [0.1, 0.15) is 5.15 Å². The van der Waals surface area contributed by atoms with Crippen molar-refractivity contribution in [1.29, 1.82) is 0 Å². The Morgan fingerprint density at radius 3 is 2.71 bits per heavy atom. The molecule has 0 N–H and O–H groups in total. The number of rotatable bonds is 5. The number of piperidine rings is 1. The number of aromatic nitrogens is 2. The molecule has 0 spiro atoms. The first-order valence-corrected chi connectivity index (χ1v) is 9.07. The third kappa shape index (κ3) is 4.00. The fourth-order valence-electron chi connectivity index (χ4n) is 3.61. The van der Waals surface area contributed by atoms with Gasteiger partial charge < -0.3 is 0 Å². The lowest BCUT2D eigenvalue weighted by molar-refractivity contribution is 0.107. The smallest absolute Gasteiger partial charge is 0.131 e. The van der Waals surface area contributed by atoms with Crippen LogP contribution in [-0.2, 0) is 20.1 Å². The molecule has 0 amide bonds. The molecule has 5 heteroatoms. The fraction of sp³-hybridized carbons (Fsp3) is 0.526. The van der Waals surface area contributed by atoms with Gasteiger partial charge in [0.25, 0.3) is 0 Å². The number of hydrogen-bond donors (Lipinski definition) is 0. The van der Waals surface area contributed by atoms with E-state index in [1.54, 1.807) is 4.68 Å². The Balaban J connectivity index is 1.61. The lowest BCUT2D eigenvalue weighted by Gasteiger charge is -2.37. The molecule has 0 saturated carbocycles. The van der Waals surface area contributed by atoms with Crippen LogP contribution in [-0.4, -0.2) is 45.8 Å². The van der Waals surface area contributed by atoms with Crippen molar-refractivity contribution < 1.29 is 0 Å². The molecule has 1 aliphatic heterocycles. The quantitative estimate of drug-likeness (QED) is 0.828. The molecule has 1 fully saturated rings. The van der Waals surface area contributed by atoms with Gasteiger partial charge in [-0.25, -0.2) is 0 Å². The Bertz CT molecular complexity index is 668. The molecule has 3 rings (SSSR count). The average Bonchev–Trinajstić information content (AvgIpc) is 2.82. The summed E-state index contributed by atoms with van der Waals surface area (Å²) in [6, 6.07) is 11.3. The van der Waals surface area contributed by atoms with Gasteiger partial charge in [-0.15, -0.1) is 0 Å². The van der Waals surface area contributed by atoms with Crippen molar-refractivity contribution in [3.8, 4) is 0 Å². The van der Waals surface area contributed by atoms with Crippen LogP contribution in [0.3, 0.4) is 0 Å². The predicted octanol–water partition coefficient (Wildman–Crippen LogP) is 3.48. The van der Waals surface area contributed by atoms with Crippen LogP contribution in [0.5, 0.6) is 0 Å². The van der Waals surface area contributed by atoms with E-state index in [1.807, 2.05) is 14.0 Å². The molecule has 0 unspecified atom stereocenters. The fourth-order valence-corrected chi connectivity index (χ4v) is 3.85. The molecule has 0 radical (unpaired) electrons. The normalized spacial score (nSPS) is 19.1. The van der Waals surface area contributed by atoms with Crippen LogP contribution in [0, 0.1) is 6.92 Å². The lowest BCUT2D eigenvalue weighted by Crippen LogP contribution is -2.45. The maximum Gasteiger partial charge on any atom is 0.131 e. The molecule has 1 saturated heterocycles. The van der Waals surface area contributed by atoms with Crippen molar-refractivity contribution in [1.82, 2.24) is 19.6 Å². The van der Waals surface area contributed by atoms with Crippen LogP contribution in [0.2, 0.25) is 5.15 Å². The van der Waals surface area contributed by atoms with Crippen LogP contribution >= 0.6 is 11.6 Å². The predicted molar refractivity (Wildman–Crippen MR) is 99.2 cm³/mol. The minimum Gasteiger partial charge on any atom is -0.298 e. The second-order valence-electron chi connectivity index (χ2n) is 6.91. The third-order valence-corrected chi connectivity index (χ3v) is 5.50. The minimum atomic E-state index is 0.592. The molecule has 2 heterocycles. The van der Waals surface area contributed by atoms with Gasteiger partial charge >= 0.3 is 0 Å². The first-order valence-electron chi connectivity index (χ1n) is 8.69. The Morgan fingerprint density at radius 2 is 2.04 bits per heavy atom. The average molecular weight is 347 g/mol. The number of nitrogens with zero attached hydrogens (tertiary/aromatic N) is 4. The van der Waals surface area contributed by atoms with Crippen LogP contribution in [0.1, 0.15) is 29.7 Å². The van der Waals surface area contributed by atoms with E-state index in [0.717, 1.165) is 37.0 Å². The van der Waals surface area contributed by atoms with Crippen molar-refractivity contribution in [2.24, 2.45) is 7.05 Å². The summed E-state index contributed by atoms with van der Waals surface area (Å²) in [6.07, 6.45) is 2.50. The standard InChI is InChI=1S/C19H27ClN4/c1-15-18(19(20)23(3)21-15)14-24-11-7-10-17(13-24)22(2)12-16-8-5-4-6-9-16/h4-6,8-9,17H,7,10-14H2,1-3H3/t17-/m1/s1. The molecule has 0 bridgehead atoms. The zero-order valence-electron chi connectivity index (χ0n) is 14.9. The van der Waals surface area contributed by atoms with Crippen LogP contribution in [0.4, 0.5) is 0 Å². The summed E-state index contributed by atoms with van der Waals surface area (Å²) >= 11 is 6.40. The topological polar surface area (TPSA) is 24.3 Å². The van der Waals surface area contributed by atoms with Crippen LogP contribution in [0.15, 0.2) is 30.3 Å². The van der Waals surface area contributed by atoms with Gasteiger partial charge in [0.15, 0.2) is 0 Å². The highest BCUT2D eigenvalue weighted by molar-refractivity contribution is 6.30. The molecule has 0 aliphatic carbocycles. The van der Waals surface area contributed by atoms with E-state index >= 15 is 0 Å². The number of likely N-dealkylation sites (N-methyl/N-ethyl adjacent to an activating group) is 1. The van der Waals surface area contributed by atoms with Gasteiger partial charge in [-0.05, 0) is 38.9 Å². The molecular formula is C19H27ClN4. The Morgan fingerprint density at radius 1 is 1.29 bits per heavy atom. The molecule has 24 heavy (non-hydrogen) atoms. The summed E-state index contributed by atoms with van der Waals surface area (Å²) in [5.74, 6) is 0. The number of benzene rings is 1. The minimum absolute atomic E-state index is 0.592. The van der Waals surface area contributed by atoms with Gasteiger partial charge in [0.2, 0.25) is 0 Å². The second kappa shape index (κ2) is 7.68. The van der Waals surface area contributed by atoms with E-state index in [0.29, 0.717) is 6.04 Å². The molecule has 1 aromatic heterocycles. The van der Waals surface area contributed by atoms with Crippen molar-refractivity contribution in [2.75, 3.05) is 20.1 Å². The molecule has 1 aliphatic rings. The summed E-state index contributed by atoms with van der Waals surface area (Å²) in [5, 5.41) is 5.20. The number of halogens is 1. The summed E-state index contributed by atoms with van der Waals surface area (Å²) in [5.41, 5.74) is 3.59. The first-order chi connectivity index (χ1) is 11.5. The van der Waals surface area contributed by atoms with Crippen LogP contribution < -0.4 is 0 Å². The van der Waals surface area contributed by atoms with Crippen molar-refractivity contribution in [3.63, 3.8) is 0 Å². The Labute approximate surface area is 150 Å². The van der Waals surface area contributed by atoms with Crippen LogP contribution in [0.25, 0.3) is 0 Å². The molecule has 1 aromatic carbocycles. The van der Waals surface area contributed by atoms with Gasteiger partial charge in [0, 0.05) is 38.3 Å². The number of hydrogen-bond acceptors (Lipinski definition) is 3. The van der Waals surface area contributed by atoms with Gasteiger partial charge in [-0.1, -0.05) is 41.9 Å². The van der Waals surface area contributed by atoms with E-state index in [2.05, 4.69) is 52.3 Å². The van der Waals surface area contributed by atoms with Crippen molar-refractivity contribution in [2.45, 2.75) is 38.9 Å². The highest BCUT2D eigenvalue weighted by Crippen LogP contribution is 2.24. The zero-order chi connectivity index (χ0) is 17.1. The molecule has 130 valence electrons. The van der Waals surface area contributed by atoms with Gasteiger partial charge in [-0.3, -0.25) is 14.5 Å². The summed E-state index contributed by atoms with van der Waals surface area (Å²) in [4.78, 5) is 5.00. The summed E-state index contributed by atoms with van der Waals surface area (Å²) in [6.45, 7) is 6.18. The third-order valence-electron chi connectivity index (χ3n) is 5.03. The SMILES string of the molecule is Cc1nn(C)c(Cl)c1CN1CCC[C@@H](N(C)Cc2ccccc2)C1. The second-order valence-corrected chi connectivity index (χ2v) is 7.27. The van der Waals surface area contributed by atoms with Gasteiger partial charge in [-0.2, -0.15) is 5.10 Å². The highest BCUT2D eigenvalue weighted by Gasteiger charge is 2.25. The molecule has 1 atom stereocenters. The summed E-state index contributed by atoms with van der Waals surface area (Å²) in [7, 11) is 4.15. The van der Waals surface area contributed by atoms with Crippen molar-refractivity contribution in [3.05, 3.63) is 52.3 Å². The Hall–Kier alpha value is -1.36. The van der Waals surface area contributed by atoms with E-state index < -0.39 is 0 Å². The highest BCUT2D eigenvalue weighted by atomic mass is 35.5. The summed E-state index contributed by atoms with van der Waals surface area (Å²) < 4.78 is 1.77. The van der Waals surface area contributed by atoms with E-state index in [1.165, 1.54) is 24.0 Å². The van der Waals surface area contributed by atoms with Gasteiger partial charge in [0.05, 0.1) is 5.69 Å². The monoisotopic (exact) mass is 346 g/mol. The molecule has 4 nitrogen and oxygen atoms in total. The number of likely N-dealkylation sites (tertiary alicyclic amines) is 1.